The van der Waals surface area contributed by atoms with Crippen molar-refractivity contribution in [2.45, 2.75) is 37.1 Å². The Hall–Kier alpha value is -1.27. The number of carbonyl (C=O) groups is 1. The number of carbonyl (C=O) groups excluding carboxylic acids is 1. The van der Waals surface area contributed by atoms with Gasteiger partial charge in [-0.2, -0.15) is 5.53 Å². The number of rotatable bonds is 2. The van der Waals surface area contributed by atoms with Crippen LogP contribution in [0.25, 0.3) is 0 Å². The fourth-order valence-corrected chi connectivity index (χ4v) is 3.29. The number of hydrogen-bond acceptors (Lipinski definition) is 5. The first-order chi connectivity index (χ1) is 9.28. The molecule has 0 amide bonds. The van der Waals surface area contributed by atoms with Crippen LogP contribution in [0.15, 0.2) is 30.3 Å². The van der Waals surface area contributed by atoms with Crippen LogP contribution < -0.4 is 11.0 Å². The average Bonchev–Trinajstić information content (AvgIpc) is 3.08. The highest BCUT2D eigenvalue weighted by molar-refractivity contribution is 5.86. The summed E-state index contributed by atoms with van der Waals surface area (Å²) in [7, 11) is 0. The van der Waals surface area contributed by atoms with Gasteiger partial charge >= 0.3 is 0 Å². The molecule has 0 radical (unpaired) electrons. The maximum atomic E-state index is 12.0. The summed E-state index contributed by atoms with van der Waals surface area (Å²) in [5.74, 6) is 0.286. The smallest absolute Gasteiger partial charge is 0.153 e. The largest absolute Gasteiger partial charge is 0.368 e. The number of nitrogens with one attached hydrogen (secondary N) is 2. The summed E-state index contributed by atoms with van der Waals surface area (Å²) >= 11 is 0. The van der Waals surface area contributed by atoms with E-state index in [4.69, 9.17) is 4.74 Å². The number of ketones is 1. The minimum atomic E-state index is -0.139. The Labute approximate surface area is 111 Å². The van der Waals surface area contributed by atoms with Crippen LogP contribution in [0.4, 0.5) is 0 Å². The molecule has 19 heavy (non-hydrogen) atoms. The standard InChI is InChI=1S/C14H17N3O2/c18-11-6-7-14(9-19-14)13-12(11)15-16-17(13)8-10-4-2-1-3-5-10/h1-5,12-13,15-16H,6-9H2. The highest BCUT2D eigenvalue weighted by Crippen LogP contribution is 2.44. The molecule has 1 aliphatic carbocycles. The van der Waals surface area contributed by atoms with Gasteiger partial charge in [0.05, 0.1) is 12.6 Å². The quantitative estimate of drug-likeness (QED) is 0.752. The lowest BCUT2D eigenvalue weighted by molar-refractivity contribution is -0.124. The molecule has 4 rings (SSSR count). The fourth-order valence-electron chi connectivity index (χ4n) is 3.29. The van der Waals surface area contributed by atoms with E-state index in [9.17, 15) is 4.79 Å². The van der Waals surface area contributed by atoms with Gasteiger partial charge in [-0.3, -0.25) is 4.79 Å². The number of fused-ring (bicyclic) bond motifs is 2. The van der Waals surface area contributed by atoms with Crippen molar-refractivity contribution in [3.8, 4) is 0 Å². The van der Waals surface area contributed by atoms with E-state index in [1.54, 1.807) is 0 Å². The van der Waals surface area contributed by atoms with Gasteiger partial charge in [-0.1, -0.05) is 30.3 Å². The van der Waals surface area contributed by atoms with E-state index in [-0.39, 0.29) is 23.5 Å². The summed E-state index contributed by atoms with van der Waals surface area (Å²) in [6, 6.07) is 10.2. The number of benzene rings is 1. The van der Waals surface area contributed by atoms with Crippen molar-refractivity contribution in [2.75, 3.05) is 6.61 Å². The second-order valence-corrected chi connectivity index (χ2v) is 5.61. The first-order valence-corrected chi connectivity index (χ1v) is 6.77. The van der Waals surface area contributed by atoms with E-state index in [1.807, 2.05) is 18.2 Å². The fraction of sp³-hybridized carbons (Fsp3) is 0.500. The van der Waals surface area contributed by atoms with E-state index < -0.39 is 0 Å². The molecule has 2 aliphatic heterocycles. The predicted octanol–water partition coefficient (Wildman–Crippen LogP) is 0.381. The van der Waals surface area contributed by atoms with Gasteiger partial charge in [0.25, 0.3) is 0 Å². The lowest BCUT2D eigenvalue weighted by atomic mass is 9.80. The zero-order valence-corrected chi connectivity index (χ0v) is 10.6. The summed E-state index contributed by atoms with van der Waals surface area (Å²) in [5.41, 5.74) is 7.40. The molecular weight excluding hydrogens is 242 g/mol. The molecule has 2 saturated heterocycles. The molecule has 3 unspecified atom stereocenters. The first-order valence-electron chi connectivity index (χ1n) is 6.77. The number of hydrazine groups is 2. The molecule has 2 heterocycles. The third kappa shape index (κ3) is 1.81. The molecule has 2 N–H and O–H groups in total. The third-order valence-electron chi connectivity index (χ3n) is 4.41. The first kappa shape index (κ1) is 11.5. The molecule has 3 aliphatic rings. The Balaban J connectivity index is 1.58. The molecular formula is C14H17N3O2. The zero-order chi connectivity index (χ0) is 12.9. The summed E-state index contributed by atoms with van der Waals surface area (Å²) in [5, 5.41) is 2.12. The topological polar surface area (TPSA) is 56.9 Å². The average molecular weight is 259 g/mol. The zero-order valence-electron chi connectivity index (χ0n) is 10.6. The molecule has 100 valence electrons. The van der Waals surface area contributed by atoms with E-state index >= 15 is 0 Å². The lowest BCUT2D eigenvalue weighted by Gasteiger charge is -2.33. The normalized spacial score (nSPS) is 37.6. The van der Waals surface area contributed by atoms with Crippen molar-refractivity contribution >= 4 is 5.78 Å². The number of nitrogens with zero attached hydrogens (tertiary/aromatic N) is 1. The third-order valence-corrected chi connectivity index (χ3v) is 4.41. The maximum absolute atomic E-state index is 12.0. The predicted molar refractivity (Wildman–Crippen MR) is 68.8 cm³/mol. The van der Waals surface area contributed by atoms with E-state index in [0.717, 1.165) is 19.6 Å². The Bertz CT molecular complexity index is 501. The Morgan fingerprint density at radius 1 is 1.37 bits per heavy atom. The van der Waals surface area contributed by atoms with Gasteiger partial charge in [-0.05, 0) is 12.0 Å². The lowest BCUT2D eigenvalue weighted by Crippen LogP contribution is -2.54. The van der Waals surface area contributed by atoms with Crippen LogP contribution in [0.1, 0.15) is 18.4 Å². The molecule has 1 spiro atoms. The van der Waals surface area contributed by atoms with Gasteiger partial charge < -0.3 is 4.74 Å². The molecule has 0 aromatic heterocycles. The summed E-state index contributed by atoms with van der Waals surface area (Å²) in [4.78, 5) is 12.0. The maximum Gasteiger partial charge on any atom is 0.153 e. The Kier molecular flexibility index (Phi) is 2.50. The van der Waals surface area contributed by atoms with Crippen molar-refractivity contribution in [1.82, 2.24) is 16.0 Å². The van der Waals surface area contributed by atoms with Crippen molar-refractivity contribution in [1.29, 1.82) is 0 Å². The Morgan fingerprint density at radius 2 is 2.16 bits per heavy atom. The van der Waals surface area contributed by atoms with Gasteiger partial charge in [0, 0.05) is 13.0 Å². The monoisotopic (exact) mass is 259 g/mol. The number of ether oxygens (including phenoxy) is 1. The van der Waals surface area contributed by atoms with Gasteiger partial charge in [0.1, 0.15) is 11.6 Å². The van der Waals surface area contributed by atoms with Crippen LogP contribution in [-0.4, -0.2) is 35.1 Å². The summed E-state index contributed by atoms with van der Waals surface area (Å²) < 4.78 is 5.69. The van der Waals surface area contributed by atoms with Crippen molar-refractivity contribution in [3.05, 3.63) is 35.9 Å². The van der Waals surface area contributed by atoms with Crippen molar-refractivity contribution in [2.24, 2.45) is 0 Å². The van der Waals surface area contributed by atoms with Crippen molar-refractivity contribution < 1.29 is 9.53 Å². The number of hydrogen-bond donors (Lipinski definition) is 2. The van der Waals surface area contributed by atoms with Crippen LogP contribution in [0, 0.1) is 0 Å². The molecule has 3 fully saturated rings. The van der Waals surface area contributed by atoms with Crippen LogP contribution in [0.5, 0.6) is 0 Å². The van der Waals surface area contributed by atoms with E-state index in [1.165, 1.54) is 5.56 Å². The molecule has 3 atom stereocenters. The Morgan fingerprint density at radius 3 is 2.89 bits per heavy atom. The molecule has 1 saturated carbocycles. The van der Waals surface area contributed by atoms with Gasteiger partial charge in [0.2, 0.25) is 0 Å². The highest BCUT2D eigenvalue weighted by atomic mass is 16.6. The molecule has 0 bridgehead atoms. The minimum Gasteiger partial charge on any atom is -0.368 e. The second-order valence-electron chi connectivity index (χ2n) is 5.61. The molecule has 1 aromatic carbocycles. The van der Waals surface area contributed by atoms with Crippen LogP contribution in [-0.2, 0) is 16.1 Å². The van der Waals surface area contributed by atoms with Crippen LogP contribution in [0.3, 0.4) is 0 Å². The van der Waals surface area contributed by atoms with Gasteiger partial charge in [-0.15, -0.1) is 0 Å². The molecule has 5 heteroatoms. The molecule has 5 nitrogen and oxygen atoms in total. The van der Waals surface area contributed by atoms with E-state index in [2.05, 4.69) is 28.1 Å². The number of Topliss-reactive ketones (excluding diaryl/α,β-unsaturated/α-hetero) is 1. The van der Waals surface area contributed by atoms with Crippen molar-refractivity contribution in [3.63, 3.8) is 0 Å². The van der Waals surface area contributed by atoms with Crippen LogP contribution >= 0.6 is 0 Å². The van der Waals surface area contributed by atoms with Crippen LogP contribution in [0.2, 0.25) is 0 Å². The minimum absolute atomic E-state index is 0.106. The number of epoxide rings is 1. The van der Waals surface area contributed by atoms with Gasteiger partial charge in [-0.25, -0.2) is 10.4 Å². The van der Waals surface area contributed by atoms with Gasteiger partial charge in [0.15, 0.2) is 5.78 Å². The molecule has 1 aromatic rings. The van der Waals surface area contributed by atoms with E-state index in [0.29, 0.717) is 6.42 Å². The summed E-state index contributed by atoms with van der Waals surface area (Å²) in [6.45, 7) is 1.55. The second kappa shape index (κ2) is 4.11. The summed E-state index contributed by atoms with van der Waals surface area (Å²) in [6.07, 6.45) is 1.47. The highest BCUT2D eigenvalue weighted by Gasteiger charge is 2.62. The SMILES string of the molecule is O=C1CCC2(CO2)C2C1NNN2Cc1ccccc1.